The summed E-state index contributed by atoms with van der Waals surface area (Å²) in [4.78, 5) is 16.2. The standard InChI is InChI=1S/C14H27N3O2/c1-16(12-14(19)6-7-15-11-14)10-13(18)17-8-4-2-3-5-9-17/h15,19H,2-12H2,1H3. The van der Waals surface area contributed by atoms with Gasteiger partial charge in [-0.1, -0.05) is 12.8 Å². The van der Waals surface area contributed by atoms with Crippen molar-refractivity contribution in [1.82, 2.24) is 15.1 Å². The third-order valence-electron chi connectivity index (χ3n) is 4.15. The van der Waals surface area contributed by atoms with Crippen molar-refractivity contribution in [3.8, 4) is 0 Å². The van der Waals surface area contributed by atoms with Gasteiger partial charge in [-0.3, -0.25) is 9.69 Å². The minimum atomic E-state index is -0.659. The van der Waals surface area contributed by atoms with E-state index in [1.54, 1.807) is 0 Å². The number of β-amino-alcohol motifs (C(OH)–C–C–N with tert-alkyl or cyclic N) is 1. The highest BCUT2D eigenvalue weighted by molar-refractivity contribution is 5.78. The Labute approximate surface area is 115 Å². The molecule has 2 aliphatic heterocycles. The van der Waals surface area contributed by atoms with Crippen LogP contribution >= 0.6 is 0 Å². The van der Waals surface area contributed by atoms with E-state index in [0.29, 0.717) is 19.6 Å². The molecule has 2 N–H and O–H groups in total. The van der Waals surface area contributed by atoms with Gasteiger partial charge in [0.05, 0.1) is 12.1 Å². The van der Waals surface area contributed by atoms with Gasteiger partial charge in [0.15, 0.2) is 0 Å². The van der Waals surface area contributed by atoms with E-state index >= 15 is 0 Å². The fourth-order valence-corrected chi connectivity index (χ4v) is 3.07. The Kier molecular flexibility index (Phi) is 5.19. The first-order chi connectivity index (χ1) is 9.09. The molecule has 2 saturated heterocycles. The Hall–Kier alpha value is -0.650. The quantitative estimate of drug-likeness (QED) is 0.757. The van der Waals surface area contributed by atoms with Crippen molar-refractivity contribution in [2.75, 3.05) is 46.3 Å². The molecule has 0 saturated carbocycles. The second-order valence-corrected chi connectivity index (χ2v) is 6.12. The summed E-state index contributed by atoms with van der Waals surface area (Å²) < 4.78 is 0. The lowest BCUT2D eigenvalue weighted by Gasteiger charge is -2.29. The molecule has 1 amide bonds. The number of rotatable bonds is 4. The number of nitrogens with one attached hydrogen (secondary N) is 1. The van der Waals surface area contributed by atoms with Crippen LogP contribution in [0.2, 0.25) is 0 Å². The number of hydrogen-bond donors (Lipinski definition) is 2. The van der Waals surface area contributed by atoms with Crippen LogP contribution in [-0.2, 0) is 4.79 Å². The predicted octanol–water partition coefficient (Wildman–Crippen LogP) is 0.0452. The summed E-state index contributed by atoms with van der Waals surface area (Å²) in [5.74, 6) is 0.207. The highest BCUT2D eigenvalue weighted by Crippen LogP contribution is 2.15. The maximum Gasteiger partial charge on any atom is 0.236 e. The lowest BCUT2D eigenvalue weighted by Crippen LogP contribution is -2.47. The zero-order valence-electron chi connectivity index (χ0n) is 12.0. The minimum absolute atomic E-state index is 0.207. The summed E-state index contributed by atoms with van der Waals surface area (Å²) >= 11 is 0. The topological polar surface area (TPSA) is 55.8 Å². The second-order valence-electron chi connectivity index (χ2n) is 6.12. The van der Waals surface area contributed by atoms with Crippen LogP contribution < -0.4 is 5.32 Å². The van der Waals surface area contributed by atoms with Crippen LogP contribution in [-0.4, -0.2) is 72.7 Å². The lowest BCUT2D eigenvalue weighted by atomic mass is 10.0. The summed E-state index contributed by atoms with van der Waals surface area (Å²) in [6.07, 6.45) is 5.51. The molecule has 0 aromatic heterocycles. The maximum absolute atomic E-state index is 12.2. The molecule has 0 aromatic rings. The van der Waals surface area contributed by atoms with Gasteiger partial charge in [0.2, 0.25) is 5.91 Å². The Morgan fingerprint density at radius 2 is 2.00 bits per heavy atom. The molecule has 0 aromatic carbocycles. The monoisotopic (exact) mass is 269 g/mol. The Morgan fingerprint density at radius 1 is 1.32 bits per heavy atom. The van der Waals surface area contributed by atoms with Gasteiger partial charge in [-0.05, 0) is 32.9 Å². The molecule has 0 spiro atoms. The Bertz CT molecular complexity index is 295. The maximum atomic E-state index is 12.2. The molecule has 1 atom stereocenters. The first-order valence-electron chi connectivity index (χ1n) is 7.48. The molecule has 0 bridgehead atoms. The number of hydrogen-bond acceptors (Lipinski definition) is 4. The van der Waals surface area contributed by atoms with Crippen LogP contribution in [0.15, 0.2) is 0 Å². The van der Waals surface area contributed by atoms with Gasteiger partial charge in [0, 0.05) is 26.2 Å². The molecule has 5 nitrogen and oxygen atoms in total. The number of amides is 1. The van der Waals surface area contributed by atoms with Crippen molar-refractivity contribution in [3.63, 3.8) is 0 Å². The van der Waals surface area contributed by atoms with Crippen molar-refractivity contribution in [1.29, 1.82) is 0 Å². The normalized spacial score (nSPS) is 28.7. The van der Waals surface area contributed by atoms with E-state index in [2.05, 4.69) is 5.32 Å². The van der Waals surface area contributed by atoms with Gasteiger partial charge in [-0.15, -0.1) is 0 Å². The van der Waals surface area contributed by atoms with Gasteiger partial charge < -0.3 is 15.3 Å². The van der Waals surface area contributed by atoms with Crippen LogP contribution in [0.1, 0.15) is 32.1 Å². The fraction of sp³-hybridized carbons (Fsp3) is 0.929. The third-order valence-corrected chi connectivity index (χ3v) is 4.15. The van der Waals surface area contributed by atoms with E-state index in [1.165, 1.54) is 12.8 Å². The molecular formula is C14H27N3O2. The van der Waals surface area contributed by atoms with E-state index in [-0.39, 0.29) is 5.91 Å². The summed E-state index contributed by atoms with van der Waals surface area (Å²) in [5.41, 5.74) is -0.659. The molecule has 19 heavy (non-hydrogen) atoms. The molecule has 5 heteroatoms. The Balaban J connectivity index is 1.77. The lowest BCUT2D eigenvalue weighted by molar-refractivity contribution is -0.132. The number of nitrogens with zero attached hydrogens (tertiary/aromatic N) is 2. The molecule has 1 unspecified atom stereocenters. The van der Waals surface area contributed by atoms with Gasteiger partial charge in [0.25, 0.3) is 0 Å². The van der Waals surface area contributed by atoms with Crippen molar-refractivity contribution >= 4 is 5.91 Å². The number of likely N-dealkylation sites (N-methyl/N-ethyl adjacent to an activating group) is 1. The van der Waals surface area contributed by atoms with E-state index in [0.717, 1.165) is 38.9 Å². The van der Waals surface area contributed by atoms with Crippen LogP contribution in [0.3, 0.4) is 0 Å². The second kappa shape index (κ2) is 6.68. The highest BCUT2D eigenvalue weighted by atomic mass is 16.3. The van der Waals surface area contributed by atoms with Crippen molar-refractivity contribution in [2.45, 2.75) is 37.7 Å². The fourth-order valence-electron chi connectivity index (χ4n) is 3.07. The largest absolute Gasteiger partial charge is 0.387 e. The SMILES string of the molecule is CN(CC(=O)N1CCCCCC1)CC1(O)CCNC1. The van der Waals surface area contributed by atoms with Gasteiger partial charge in [-0.2, -0.15) is 0 Å². The zero-order valence-corrected chi connectivity index (χ0v) is 12.0. The smallest absolute Gasteiger partial charge is 0.236 e. The molecule has 2 heterocycles. The van der Waals surface area contributed by atoms with E-state index < -0.39 is 5.60 Å². The highest BCUT2D eigenvalue weighted by Gasteiger charge is 2.32. The van der Waals surface area contributed by atoms with Crippen LogP contribution in [0, 0.1) is 0 Å². The summed E-state index contributed by atoms with van der Waals surface area (Å²) in [5, 5.41) is 13.5. The third kappa shape index (κ3) is 4.44. The van der Waals surface area contributed by atoms with Gasteiger partial charge >= 0.3 is 0 Å². The molecular weight excluding hydrogens is 242 g/mol. The van der Waals surface area contributed by atoms with Gasteiger partial charge in [-0.25, -0.2) is 0 Å². The predicted molar refractivity (Wildman–Crippen MR) is 75.0 cm³/mol. The molecule has 0 radical (unpaired) electrons. The van der Waals surface area contributed by atoms with E-state index in [1.807, 2.05) is 16.8 Å². The number of likely N-dealkylation sites (tertiary alicyclic amines) is 1. The molecule has 2 rings (SSSR count). The first-order valence-corrected chi connectivity index (χ1v) is 7.48. The van der Waals surface area contributed by atoms with Crippen molar-refractivity contribution in [2.24, 2.45) is 0 Å². The summed E-state index contributed by atoms with van der Waals surface area (Å²) in [6, 6.07) is 0. The number of aliphatic hydroxyl groups is 1. The number of carbonyl (C=O) groups is 1. The van der Waals surface area contributed by atoms with E-state index in [9.17, 15) is 9.90 Å². The average molecular weight is 269 g/mol. The van der Waals surface area contributed by atoms with Crippen LogP contribution in [0.25, 0.3) is 0 Å². The van der Waals surface area contributed by atoms with Crippen molar-refractivity contribution in [3.05, 3.63) is 0 Å². The molecule has 2 aliphatic rings. The van der Waals surface area contributed by atoms with Crippen LogP contribution in [0.4, 0.5) is 0 Å². The average Bonchev–Trinajstić information content (AvgIpc) is 2.64. The minimum Gasteiger partial charge on any atom is -0.387 e. The Morgan fingerprint density at radius 3 is 2.58 bits per heavy atom. The van der Waals surface area contributed by atoms with Gasteiger partial charge in [0.1, 0.15) is 0 Å². The molecule has 110 valence electrons. The summed E-state index contributed by atoms with van der Waals surface area (Å²) in [7, 11) is 1.92. The molecule has 2 fully saturated rings. The first kappa shape index (κ1) is 14.8. The summed E-state index contributed by atoms with van der Waals surface area (Å²) in [6.45, 7) is 4.29. The van der Waals surface area contributed by atoms with Crippen LogP contribution in [0.5, 0.6) is 0 Å². The van der Waals surface area contributed by atoms with E-state index in [4.69, 9.17) is 0 Å². The number of carbonyl (C=O) groups excluding carboxylic acids is 1. The van der Waals surface area contributed by atoms with Crippen molar-refractivity contribution < 1.29 is 9.90 Å². The zero-order chi connectivity index (χ0) is 13.7. The molecule has 0 aliphatic carbocycles.